The van der Waals surface area contributed by atoms with Crippen molar-refractivity contribution >= 4 is 47.2 Å². The van der Waals surface area contributed by atoms with E-state index in [0.717, 1.165) is 22.7 Å². The van der Waals surface area contributed by atoms with Crippen LogP contribution in [0, 0.1) is 0 Å². The predicted octanol–water partition coefficient (Wildman–Crippen LogP) is 2.05. The average molecular weight is 545 g/mol. The molecule has 0 aliphatic heterocycles. The van der Waals surface area contributed by atoms with E-state index in [4.69, 9.17) is 0 Å². The molecular weight excluding hydrogens is 521 g/mol. The Morgan fingerprint density at radius 3 is 2.72 bits per heavy atom. The molecule has 0 aliphatic rings. The Balaban J connectivity index is 0.00000289. The normalized spacial score (nSPS) is 11.1. The molecule has 0 atom stereocenters. The number of hydrogen-bond donors (Lipinski definition) is 3. The quantitative estimate of drug-likeness (QED) is 0.186. The molecule has 166 valence electrons. The molecule has 32 heavy (non-hydrogen) atoms. The molecule has 0 saturated carbocycles. The third kappa shape index (κ3) is 6.03. The number of halogens is 1. The fourth-order valence-electron chi connectivity index (χ4n) is 3.08. The molecule has 4 rings (SSSR count). The maximum atomic E-state index is 12.2. The van der Waals surface area contributed by atoms with E-state index < -0.39 is 0 Å². The largest absolute Gasteiger partial charge is 0.352 e. The van der Waals surface area contributed by atoms with E-state index in [2.05, 4.69) is 36.2 Å². The zero-order valence-corrected chi connectivity index (χ0v) is 19.8. The molecule has 0 fully saturated rings. The van der Waals surface area contributed by atoms with Gasteiger partial charge in [0.1, 0.15) is 6.54 Å². The number of benzene rings is 1. The van der Waals surface area contributed by atoms with E-state index in [-0.39, 0.29) is 36.4 Å². The number of aliphatic imine (C=N–C) groups is 1. The molecule has 3 N–H and O–H groups in total. The third-order valence-electron chi connectivity index (χ3n) is 4.56. The van der Waals surface area contributed by atoms with Crippen LogP contribution >= 0.6 is 24.0 Å². The molecule has 1 aromatic carbocycles. The summed E-state index contributed by atoms with van der Waals surface area (Å²) < 4.78 is 3.50. The van der Waals surface area contributed by atoms with Gasteiger partial charge in [-0.05, 0) is 35.9 Å². The topological polar surface area (TPSA) is 114 Å². The number of fused-ring (bicyclic) bond motifs is 1. The van der Waals surface area contributed by atoms with Gasteiger partial charge in [-0.15, -0.1) is 34.2 Å². The first-order valence-electron chi connectivity index (χ1n) is 9.80. The van der Waals surface area contributed by atoms with Crippen LogP contribution in [-0.2, 0) is 24.4 Å². The van der Waals surface area contributed by atoms with Gasteiger partial charge >= 0.3 is 0 Å². The van der Waals surface area contributed by atoms with Gasteiger partial charge in [0.25, 0.3) is 0 Å². The lowest BCUT2D eigenvalue weighted by Crippen LogP contribution is -2.36. The summed E-state index contributed by atoms with van der Waals surface area (Å²) in [5.74, 6) is 1.30. The van der Waals surface area contributed by atoms with Crippen LogP contribution in [0.2, 0.25) is 0 Å². The number of rotatable bonds is 7. The SMILES string of the molecule is CN=C(NCc1cccc(NC(=O)Cn2cccn2)c1)NCc1nnc2ccccn12.I. The second-order valence-corrected chi connectivity index (χ2v) is 6.78. The summed E-state index contributed by atoms with van der Waals surface area (Å²) in [4.78, 5) is 16.4. The lowest BCUT2D eigenvalue weighted by atomic mass is 10.2. The van der Waals surface area contributed by atoms with Crippen LogP contribution in [0.15, 0.2) is 72.1 Å². The van der Waals surface area contributed by atoms with Gasteiger partial charge in [0.15, 0.2) is 17.4 Å². The standard InChI is InChI=1S/C21H23N9O.HI/c1-22-21(24-14-19-28-27-18-8-2-3-11-30(18)19)23-13-16-6-4-7-17(12-16)26-20(31)15-29-10-5-9-25-29;/h2-12H,13-15H2,1H3,(H,26,31)(H2,22,23,24);1H. The summed E-state index contributed by atoms with van der Waals surface area (Å²) in [5, 5.41) is 21.8. The molecule has 11 heteroatoms. The first-order chi connectivity index (χ1) is 15.2. The van der Waals surface area contributed by atoms with Crippen LogP contribution in [0.5, 0.6) is 0 Å². The van der Waals surface area contributed by atoms with E-state index in [0.29, 0.717) is 19.0 Å². The Bertz CT molecular complexity index is 1190. The Hall–Kier alpha value is -3.48. The van der Waals surface area contributed by atoms with Crippen LogP contribution in [-0.4, -0.2) is 43.3 Å². The number of anilines is 1. The van der Waals surface area contributed by atoms with Crippen LogP contribution in [0.1, 0.15) is 11.4 Å². The molecule has 3 aromatic heterocycles. The number of nitrogens with zero attached hydrogens (tertiary/aromatic N) is 6. The molecule has 0 bridgehead atoms. The summed E-state index contributed by atoms with van der Waals surface area (Å²) in [6.07, 6.45) is 5.32. The lowest BCUT2D eigenvalue weighted by molar-refractivity contribution is -0.116. The van der Waals surface area contributed by atoms with Crippen molar-refractivity contribution < 1.29 is 4.79 Å². The van der Waals surface area contributed by atoms with Crippen molar-refractivity contribution in [3.8, 4) is 0 Å². The molecule has 0 saturated heterocycles. The number of guanidine groups is 1. The molecule has 0 aliphatic carbocycles. The fourth-order valence-corrected chi connectivity index (χ4v) is 3.08. The van der Waals surface area contributed by atoms with E-state index in [1.165, 1.54) is 0 Å². The second kappa shape index (κ2) is 11.2. The van der Waals surface area contributed by atoms with Crippen molar-refractivity contribution in [3.05, 3.63) is 78.5 Å². The van der Waals surface area contributed by atoms with Gasteiger partial charge < -0.3 is 16.0 Å². The van der Waals surface area contributed by atoms with Crippen molar-refractivity contribution in [1.82, 2.24) is 35.0 Å². The number of amides is 1. The maximum absolute atomic E-state index is 12.2. The van der Waals surface area contributed by atoms with Gasteiger partial charge in [-0.2, -0.15) is 5.10 Å². The van der Waals surface area contributed by atoms with Crippen molar-refractivity contribution in [3.63, 3.8) is 0 Å². The maximum Gasteiger partial charge on any atom is 0.246 e. The molecule has 10 nitrogen and oxygen atoms in total. The van der Waals surface area contributed by atoms with Crippen molar-refractivity contribution in [1.29, 1.82) is 0 Å². The minimum Gasteiger partial charge on any atom is -0.352 e. The van der Waals surface area contributed by atoms with Gasteiger partial charge in [-0.1, -0.05) is 18.2 Å². The molecule has 0 unspecified atom stereocenters. The molecule has 3 heterocycles. The van der Waals surface area contributed by atoms with Gasteiger partial charge in [-0.3, -0.25) is 18.9 Å². The van der Waals surface area contributed by atoms with Crippen molar-refractivity contribution in [2.75, 3.05) is 12.4 Å². The molecular formula is C21H24IN9O. The molecule has 0 radical (unpaired) electrons. The van der Waals surface area contributed by atoms with E-state index in [1.807, 2.05) is 53.1 Å². The Kier molecular flexibility index (Phi) is 8.14. The second-order valence-electron chi connectivity index (χ2n) is 6.78. The summed E-state index contributed by atoms with van der Waals surface area (Å²) in [6, 6.07) is 15.2. The van der Waals surface area contributed by atoms with Crippen LogP contribution in [0.3, 0.4) is 0 Å². The highest BCUT2D eigenvalue weighted by atomic mass is 127. The van der Waals surface area contributed by atoms with Crippen molar-refractivity contribution in [2.45, 2.75) is 19.6 Å². The molecule has 0 spiro atoms. The number of pyridine rings is 1. The highest BCUT2D eigenvalue weighted by Crippen LogP contribution is 2.11. The number of nitrogens with one attached hydrogen (secondary N) is 3. The zero-order valence-electron chi connectivity index (χ0n) is 17.5. The van der Waals surface area contributed by atoms with Gasteiger partial charge in [0.2, 0.25) is 5.91 Å². The van der Waals surface area contributed by atoms with Gasteiger partial charge in [0, 0.05) is 37.9 Å². The summed E-state index contributed by atoms with van der Waals surface area (Å²) in [6.45, 7) is 1.20. The number of carbonyl (C=O) groups is 1. The van der Waals surface area contributed by atoms with Gasteiger partial charge in [-0.25, -0.2) is 0 Å². The van der Waals surface area contributed by atoms with Gasteiger partial charge in [0.05, 0.1) is 6.54 Å². The number of aromatic nitrogens is 5. The monoisotopic (exact) mass is 545 g/mol. The Morgan fingerprint density at radius 1 is 1.03 bits per heavy atom. The Labute approximate surface area is 202 Å². The lowest BCUT2D eigenvalue weighted by Gasteiger charge is -2.12. The highest BCUT2D eigenvalue weighted by molar-refractivity contribution is 14.0. The minimum atomic E-state index is -0.133. The van der Waals surface area contributed by atoms with Crippen LogP contribution in [0.25, 0.3) is 5.65 Å². The summed E-state index contributed by atoms with van der Waals surface area (Å²) in [7, 11) is 1.71. The van der Waals surface area contributed by atoms with Crippen molar-refractivity contribution in [2.24, 2.45) is 4.99 Å². The first kappa shape index (κ1) is 23.2. The fraction of sp³-hybridized carbons (Fsp3) is 0.190. The van der Waals surface area contributed by atoms with Crippen LogP contribution in [0.4, 0.5) is 5.69 Å². The molecule has 1 amide bonds. The summed E-state index contributed by atoms with van der Waals surface area (Å²) >= 11 is 0. The van der Waals surface area contributed by atoms with E-state index in [9.17, 15) is 4.79 Å². The average Bonchev–Trinajstić information content (AvgIpc) is 3.44. The van der Waals surface area contributed by atoms with Crippen LogP contribution < -0.4 is 16.0 Å². The zero-order chi connectivity index (χ0) is 21.5. The number of hydrogen-bond acceptors (Lipinski definition) is 5. The smallest absolute Gasteiger partial charge is 0.246 e. The number of carbonyl (C=O) groups excluding carboxylic acids is 1. The predicted molar refractivity (Wildman–Crippen MR) is 133 cm³/mol. The highest BCUT2D eigenvalue weighted by Gasteiger charge is 2.07. The molecule has 4 aromatic rings. The minimum absolute atomic E-state index is 0. The van der Waals surface area contributed by atoms with E-state index in [1.54, 1.807) is 30.2 Å². The van der Waals surface area contributed by atoms with E-state index >= 15 is 0 Å². The summed E-state index contributed by atoms with van der Waals surface area (Å²) in [5.41, 5.74) is 2.54. The third-order valence-corrected chi connectivity index (χ3v) is 4.56. The Morgan fingerprint density at radius 2 is 1.91 bits per heavy atom. The first-order valence-corrected chi connectivity index (χ1v) is 9.80.